The monoisotopic (exact) mass is 339 g/mol. The molecule has 0 spiro atoms. The number of nitrogens with one attached hydrogen (secondary N) is 1. The molecule has 7 nitrogen and oxygen atoms in total. The first-order valence-electron chi connectivity index (χ1n) is 8.20. The highest BCUT2D eigenvalue weighted by Gasteiger charge is 2.16. The van der Waals surface area contributed by atoms with E-state index in [1.807, 2.05) is 42.8 Å². The van der Waals surface area contributed by atoms with Gasteiger partial charge < -0.3 is 9.84 Å². The Bertz CT molecular complexity index is 853. The van der Waals surface area contributed by atoms with Gasteiger partial charge in [0.2, 0.25) is 5.76 Å². The number of pyridine rings is 1. The molecule has 25 heavy (non-hydrogen) atoms. The molecule has 130 valence electrons. The van der Waals surface area contributed by atoms with Crippen LogP contribution in [0.25, 0.3) is 11.4 Å². The number of aryl methyl sites for hydroxylation is 2. The maximum absolute atomic E-state index is 12.2. The number of aromatic nitrogens is 4. The van der Waals surface area contributed by atoms with Crippen LogP contribution in [0, 0.1) is 19.8 Å². The lowest BCUT2D eigenvalue weighted by molar-refractivity contribution is 0.0909. The highest BCUT2D eigenvalue weighted by molar-refractivity contribution is 5.92. The Hall–Kier alpha value is -2.96. The van der Waals surface area contributed by atoms with Crippen molar-refractivity contribution in [2.24, 2.45) is 5.92 Å². The van der Waals surface area contributed by atoms with E-state index < -0.39 is 0 Å². The molecule has 0 radical (unpaired) electrons. The van der Waals surface area contributed by atoms with Gasteiger partial charge in [0.05, 0.1) is 11.4 Å². The topological polar surface area (TPSA) is 85.8 Å². The van der Waals surface area contributed by atoms with Gasteiger partial charge in [0, 0.05) is 31.0 Å². The van der Waals surface area contributed by atoms with Crippen LogP contribution in [0.2, 0.25) is 0 Å². The molecule has 0 fully saturated rings. The Morgan fingerprint density at radius 3 is 2.80 bits per heavy atom. The molecule has 3 rings (SSSR count). The second-order valence-corrected chi connectivity index (χ2v) is 6.22. The van der Waals surface area contributed by atoms with Gasteiger partial charge in [-0.05, 0) is 38.0 Å². The van der Waals surface area contributed by atoms with Crippen LogP contribution in [-0.4, -0.2) is 32.4 Å². The SMILES string of the molecule is Cc1cc(C)n(C[C@@H](C)CNC(=O)c2cc(-c3ccccn3)no2)n1. The summed E-state index contributed by atoms with van der Waals surface area (Å²) in [6, 6.07) is 9.14. The summed E-state index contributed by atoms with van der Waals surface area (Å²) in [6.45, 7) is 7.33. The number of amides is 1. The first kappa shape index (κ1) is 16.9. The smallest absolute Gasteiger partial charge is 0.289 e. The number of nitrogens with zero attached hydrogens (tertiary/aromatic N) is 4. The predicted octanol–water partition coefficient (Wildman–Crippen LogP) is 2.62. The van der Waals surface area contributed by atoms with Crippen molar-refractivity contribution in [1.82, 2.24) is 25.2 Å². The van der Waals surface area contributed by atoms with Crippen molar-refractivity contribution in [3.8, 4) is 11.4 Å². The fourth-order valence-corrected chi connectivity index (χ4v) is 2.59. The van der Waals surface area contributed by atoms with Gasteiger partial charge in [0.1, 0.15) is 5.69 Å². The third kappa shape index (κ3) is 4.12. The van der Waals surface area contributed by atoms with Crippen molar-refractivity contribution in [3.05, 3.63) is 53.7 Å². The van der Waals surface area contributed by atoms with E-state index in [0.29, 0.717) is 17.9 Å². The predicted molar refractivity (Wildman–Crippen MR) is 92.9 cm³/mol. The zero-order valence-electron chi connectivity index (χ0n) is 14.6. The van der Waals surface area contributed by atoms with E-state index in [0.717, 1.165) is 17.9 Å². The Morgan fingerprint density at radius 2 is 2.12 bits per heavy atom. The second kappa shape index (κ2) is 7.29. The normalized spacial score (nSPS) is 12.1. The molecule has 1 N–H and O–H groups in total. The molecule has 3 heterocycles. The summed E-state index contributed by atoms with van der Waals surface area (Å²) in [5, 5.41) is 11.2. The summed E-state index contributed by atoms with van der Waals surface area (Å²) in [6.07, 6.45) is 1.67. The summed E-state index contributed by atoms with van der Waals surface area (Å²) >= 11 is 0. The van der Waals surface area contributed by atoms with Crippen molar-refractivity contribution in [1.29, 1.82) is 0 Å². The van der Waals surface area contributed by atoms with E-state index in [9.17, 15) is 4.79 Å². The van der Waals surface area contributed by atoms with Crippen LogP contribution in [0.15, 0.2) is 41.1 Å². The van der Waals surface area contributed by atoms with Gasteiger partial charge in [-0.2, -0.15) is 5.10 Å². The Balaban J connectivity index is 1.56. The molecule has 0 aromatic carbocycles. The maximum Gasteiger partial charge on any atom is 0.289 e. The molecular formula is C18H21N5O2. The largest absolute Gasteiger partial charge is 0.350 e. The molecule has 3 aromatic heterocycles. The van der Waals surface area contributed by atoms with Crippen molar-refractivity contribution < 1.29 is 9.32 Å². The molecule has 0 aliphatic heterocycles. The molecule has 3 aromatic rings. The van der Waals surface area contributed by atoms with Crippen molar-refractivity contribution in [2.75, 3.05) is 6.54 Å². The fourth-order valence-electron chi connectivity index (χ4n) is 2.59. The first-order chi connectivity index (χ1) is 12.0. The van der Waals surface area contributed by atoms with E-state index in [-0.39, 0.29) is 17.6 Å². The Morgan fingerprint density at radius 1 is 1.28 bits per heavy atom. The number of rotatable bonds is 6. The van der Waals surface area contributed by atoms with Gasteiger partial charge in [0.15, 0.2) is 0 Å². The summed E-state index contributed by atoms with van der Waals surface area (Å²) in [5.74, 6) is 0.133. The first-order valence-corrected chi connectivity index (χ1v) is 8.20. The molecule has 0 unspecified atom stereocenters. The lowest BCUT2D eigenvalue weighted by Crippen LogP contribution is -2.30. The molecule has 0 aliphatic rings. The number of hydrogen-bond donors (Lipinski definition) is 1. The number of carbonyl (C=O) groups is 1. The van der Waals surface area contributed by atoms with Gasteiger partial charge >= 0.3 is 0 Å². The molecular weight excluding hydrogens is 318 g/mol. The highest BCUT2D eigenvalue weighted by Crippen LogP contribution is 2.16. The zero-order valence-corrected chi connectivity index (χ0v) is 14.6. The lowest BCUT2D eigenvalue weighted by Gasteiger charge is -2.13. The molecule has 0 aliphatic carbocycles. The quantitative estimate of drug-likeness (QED) is 0.746. The third-order valence-electron chi connectivity index (χ3n) is 3.86. The lowest BCUT2D eigenvalue weighted by atomic mass is 10.2. The molecule has 1 atom stereocenters. The van der Waals surface area contributed by atoms with Crippen LogP contribution < -0.4 is 5.32 Å². The van der Waals surface area contributed by atoms with Crippen LogP contribution in [0.1, 0.15) is 28.9 Å². The summed E-state index contributed by atoms with van der Waals surface area (Å²) in [5.41, 5.74) is 3.33. The van der Waals surface area contributed by atoms with Crippen LogP contribution >= 0.6 is 0 Å². The molecule has 0 bridgehead atoms. The van der Waals surface area contributed by atoms with Gasteiger partial charge in [-0.3, -0.25) is 14.5 Å². The van der Waals surface area contributed by atoms with Crippen molar-refractivity contribution in [3.63, 3.8) is 0 Å². The van der Waals surface area contributed by atoms with Gasteiger partial charge in [-0.1, -0.05) is 18.1 Å². The van der Waals surface area contributed by atoms with Gasteiger partial charge in [-0.15, -0.1) is 0 Å². The van der Waals surface area contributed by atoms with E-state index in [1.54, 1.807) is 12.3 Å². The Labute approximate surface area is 146 Å². The van der Waals surface area contributed by atoms with Gasteiger partial charge in [-0.25, -0.2) is 0 Å². The Kier molecular flexibility index (Phi) is 4.92. The molecule has 0 saturated heterocycles. The minimum atomic E-state index is -0.283. The average Bonchev–Trinajstić information content (AvgIpc) is 3.21. The molecule has 7 heteroatoms. The number of carbonyl (C=O) groups excluding carboxylic acids is 1. The van der Waals surface area contributed by atoms with Crippen LogP contribution in [-0.2, 0) is 6.54 Å². The van der Waals surface area contributed by atoms with Crippen LogP contribution in [0.3, 0.4) is 0 Å². The summed E-state index contributed by atoms with van der Waals surface area (Å²) in [4.78, 5) is 16.4. The van der Waals surface area contributed by atoms with Crippen molar-refractivity contribution >= 4 is 5.91 Å². The molecule has 0 saturated carbocycles. The van der Waals surface area contributed by atoms with Crippen LogP contribution in [0.4, 0.5) is 0 Å². The highest BCUT2D eigenvalue weighted by atomic mass is 16.5. The minimum absolute atomic E-state index is 0.180. The summed E-state index contributed by atoms with van der Waals surface area (Å²) < 4.78 is 7.09. The zero-order chi connectivity index (χ0) is 17.8. The third-order valence-corrected chi connectivity index (χ3v) is 3.86. The fraction of sp³-hybridized carbons (Fsp3) is 0.333. The van der Waals surface area contributed by atoms with E-state index in [2.05, 4.69) is 27.5 Å². The summed E-state index contributed by atoms with van der Waals surface area (Å²) in [7, 11) is 0. The van der Waals surface area contributed by atoms with Gasteiger partial charge in [0.25, 0.3) is 5.91 Å². The van der Waals surface area contributed by atoms with E-state index in [1.165, 1.54) is 0 Å². The second-order valence-electron chi connectivity index (χ2n) is 6.22. The number of hydrogen-bond acceptors (Lipinski definition) is 5. The average molecular weight is 339 g/mol. The maximum atomic E-state index is 12.2. The standard InChI is InChI=1S/C18H21N5O2/c1-12(11-23-14(3)8-13(2)21-23)10-20-18(24)17-9-16(22-25-17)15-6-4-5-7-19-15/h4-9,12H,10-11H2,1-3H3,(H,20,24)/t12-/m0/s1. The van der Waals surface area contributed by atoms with E-state index in [4.69, 9.17) is 4.52 Å². The molecule has 1 amide bonds. The minimum Gasteiger partial charge on any atom is -0.350 e. The van der Waals surface area contributed by atoms with Crippen molar-refractivity contribution in [2.45, 2.75) is 27.3 Å². The van der Waals surface area contributed by atoms with Crippen LogP contribution in [0.5, 0.6) is 0 Å². The van der Waals surface area contributed by atoms with E-state index >= 15 is 0 Å².